The molecule has 0 bridgehead atoms. The number of fused-ring (bicyclic) bond motifs is 5. The van der Waals surface area contributed by atoms with Gasteiger partial charge < -0.3 is 9.47 Å². The van der Waals surface area contributed by atoms with Gasteiger partial charge in [-0.05, 0) is 86.0 Å². The highest BCUT2D eigenvalue weighted by Crippen LogP contribution is 2.68. The van der Waals surface area contributed by atoms with Gasteiger partial charge in [-0.1, -0.05) is 50.2 Å². The Morgan fingerprint density at radius 1 is 0.780 bits per heavy atom. The third kappa shape index (κ3) is 4.73. The summed E-state index contributed by atoms with van der Waals surface area (Å²) in [7, 11) is 0. The normalized spacial score (nSPS) is 37.7. The van der Waals surface area contributed by atoms with Crippen molar-refractivity contribution in [3.8, 4) is 0 Å². The zero-order valence-electron chi connectivity index (χ0n) is 24.2. The minimum atomic E-state index is -0.414. The van der Waals surface area contributed by atoms with Crippen LogP contribution in [0.4, 0.5) is 0 Å². The highest BCUT2D eigenvalue weighted by molar-refractivity contribution is 5.90. The van der Waals surface area contributed by atoms with Crippen LogP contribution in [0.3, 0.4) is 0 Å². The maximum atomic E-state index is 13.5. The number of Topliss-reactive ketones (excluding diaryl/α,β-unsaturated/α-hetero) is 2. The molecule has 6 rings (SSSR count). The molecule has 4 saturated carbocycles. The first-order valence-corrected chi connectivity index (χ1v) is 15.2. The second-order valence-corrected chi connectivity index (χ2v) is 13.5. The molecule has 4 fully saturated rings. The number of benzene rings is 2. The summed E-state index contributed by atoms with van der Waals surface area (Å²) >= 11 is 0. The van der Waals surface area contributed by atoms with Gasteiger partial charge in [-0.15, -0.1) is 0 Å². The third-order valence-corrected chi connectivity index (χ3v) is 11.4. The molecule has 6 heteroatoms. The predicted octanol–water partition coefficient (Wildman–Crippen LogP) is 6.47. The van der Waals surface area contributed by atoms with Crippen LogP contribution >= 0.6 is 0 Å². The molecule has 0 spiro atoms. The minimum absolute atomic E-state index is 0.0173. The fraction of sp³-hybridized carbons (Fsp3) is 0.543. The molecule has 4 aliphatic carbocycles. The molecule has 216 valence electrons. The van der Waals surface area contributed by atoms with Crippen LogP contribution in [-0.2, 0) is 19.1 Å². The maximum absolute atomic E-state index is 13.5. The number of carbonyl (C=O) groups excluding carboxylic acids is 4. The molecule has 6 nitrogen and oxygen atoms in total. The van der Waals surface area contributed by atoms with E-state index in [0.717, 1.165) is 12.8 Å². The van der Waals surface area contributed by atoms with E-state index >= 15 is 0 Å². The first kappa shape index (κ1) is 27.9. The molecular weight excluding hydrogens is 516 g/mol. The summed E-state index contributed by atoms with van der Waals surface area (Å²) < 4.78 is 12.7. The van der Waals surface area contributed by atoms with E-state index in [1.165, 1.54) is 0 Å². The number of esters is 2. The molecule has 41 heavy (non-hydrogen) atoms. The highest BCUT2D eigenvalue weighted by atomic mass is 16.5. The molecule has 0 aromatic heterocycles. The van der Waals surface area contributed by atoms with Gasteiger partial charge in [0.15, 0.2) is 0 Å². The van der Waals surface area contributed by atoms with Crippen molar-refractivity contribution in [2.45, 2.75) is 77.9 Å². The number of carbonyl (C=O) groups is 4. The van der Waals surface area contributed by atoms with E-state index in [4.69, 9.17) is 9.47 Å². The van der Waals surface area contributed by atoms with Crippen molar-refractivity contribution in [2.24, 2.45) is 40.4 Å². The Kier molecular flexibility index (Phi) is 7.15. The average molecular weight is 557 g/mol. The third-order valence-electron chi connectivity index (χ3n) is 11.4. The number of hydrogen-bond acceptors (Lipinski definition) is 6. The van der Waals surface area contributed by atoms with Gasteiger partial charge in [0.25, 0.3) is 0 Å². The van der Waals surface area contributed by atoms with Gasteiger partial charge in [-0.3, -0.25) is 9.59 Å². The van der Waals surface area contributed by atoms with Gasteiger partial charge in [0, 0.05) is 30.6 Å². The molecule has 9 atom stereocenters. The average Bonchev–Trinajstić information content (AvgIpc) is 3.31. The van der Waals surface area contributed by atoms with E-state index in [2.05, 4.69) is 13.8 Å². The summed E-state index contributed by atoms with van der Waals surface area (Å²) in [4.78, 5) is 52.5. The monoisotopic (exact) mass is 556 g/mol. The van der Waals surface area contributed by atoms with E-state index in [-0.39, 0.29) is 70.0 Å². The Morgan fingerprint density at radius 3 is 1.95 bits per heavy atom. The SMILES string of the molecule is CC(=O)[C@H]1CC[C@H]2[C@@H]3CC(OC(=O)c4ccccc4)C4CC(=O)CC[C@]4(C)[C@H]3C(OC(=O)c3ccccc3)C[C@]12C. The molecule has 4 aliphatic rings. The van der Waals surface area contributed by atoms with Gasteiger partial charge in [0.05, 0.1) is 11.1 Å². The van der Waals surface area contributed by atoms with Gasteiger partial charge in [0.2, 0.25) is 0 Å². The molecule has 2 aromatic rings. The van der Waals surface area contributed by atoms with Crippen molar-refractivity contribution < 1.29 is 28.7 Å². The maximum Gasteiger partial charge on any atom is 0.338 e. The standard InChI is InChI=1S/C35H40O6/c1-21(36)26-14-15-27-25-19-29(40-32(38)22-10-6-4-7-11-22)28-18-24(37)16-17-34(28,2)31(25)30(20-35(26,27)3)41-33(39)23-12-8-5-9-13-23/h4-13,25-31H,14-20H2,1-3H3/t25-,26+,27-,28?,29?,30?,31+,34-,35+/m0/s1. The van der Waals surface area contributed by atoms with Crippen molar-refractivity contribution >= 4 is 23.5 Å². The van der Waals surface area contributed by atoms with E-state index in [0.29, 0.717) is 43.2 Å². The van der Waals surface area contributed by atoms with Crippen LogP contribution in [0.5, 0.6) is 0 Å². The summed E-state index contributed by atoms with van der Waals surface area (Å²) in [6.45, 7) is 6.12. The zero-order chi connectivity index (χ0) is 28.9. The molecule has 0 saturated heterocycles. The lowest BCUT2D eigenvalue weighted by Gasteiger charge is -2.63. The molecule has 0 amide bonds. The fourth-order valence-corrected chi connectivity index (χ4v) is 9.62. The summed E-state index contributed by atoms with van der Waals surface area (Å²) in [6, 6.07) is 18.1. The topological polar surface area (TPSA) is 86.7 Å². The molecule has 0 N–H and O–H groups in total. The van der Waals surface area contributed by atoms with Crippen LogP contribution in [-0.4, -0.2) is 35.7 Å². The smallest absolute Gasteiger partial charge is 0.338 e. The Hall–Kier alpha value is -3.28. The molecule has 3 unspecified atom stereocenters. The van der Waals surface area contributed by atoms with E-state index in [1.807, 2.05) is 36.4 Å². The van der Waals surface area contributed by atoms with Crippen molar-refractivity contribution in [1.82, 2.24) is 0 Å². The number of hydrogen-bond donors (Lipinski definition) is 0. The molecule has 0 heterocycles. The van der Waals surface area contributed by atoms with Crippen molar-refractivity contribution in [1.29, 1.82) is 0 Å². The Morgan fingerprint density at radius 2 is 1.37 bits per heavy atom. The Balaban J connectivity index is 1.40. The molecule has 0 aliphatic heterocycles. The summed E-state index contributed by atoms with van der Waals surface area (Å²) in [5, 5.41) is 0. The zero-order valence-corrected chi connectivity index (χ0v) is 24.2. The highest BCUT2D eigenvalue weighted by Gasteiger charge is 2.67. The number of ether oxygens (including phenoxy) is 2. The van der Waals surface area contributed by atoms with E-state index < -0.39 is 6.10 Å². The first-order chi connectivity index (χ1) is 19.6. The summed E-state index contributed by atoms with van der Waals surface area (Å²) in [5.41, 5.74) is 0.350. The van der Waals surface area contributed by atoms with Crippen LogP contribution < -0.4 is 0 Å². The second kappa shape index (κ2) is 10.5. The van der Waals surface area contributed by atoms with Gasteiger partial charge in [0.1, 0.15) is 23.8 Å². The van der Waals surface area contributed by atoms with Crippen LogP contribution in [0.15, 0.2) is 60.7 Å². The predicted molar refractivity (Wildman–Crippen MR) is 153 cm³/mol. The molecule has 2 aromatic carbocycles. The van der Waals surface area contributed by atoms with Gasteiger partial charge in [-0.25, -0.2) is 9.59 Å². The summed E-state index contributed by atoms with van der Waals surface area (Å²) in [5.74, 6) is -0.189. The van der Waals surface area contributed by atoms with Crippen LogP contribution in [0.25, 0.3) is 0 Å². The Bertz CT molecular complexity index is 1340. The van der Waals surface area contributed by atoms with Crippen molar-refractivity contribution in [3.05, 3.63) is 71.8 Å². The Labute approximate surface area is 242 Å². The lowest BCUT2D eigenvalue weighted by atomic mass is 9.43. The van der Waals surface area contributed by atoms with Crippen LogP contribution in [0.2, 0.25) is 0 Å². The largest absolute Gasteiger partial charge is 0.458 e. The lowest BCUT2D eigenvalue weighted by Crippen LogP contribution is -2.63. The lowest BCUT2D eigenvalue weighted by molar-refractivity contribution is -0.199. The molecule has 0 radical (unpaired) electrons. The number of rotatable bonds is 5. The second-order valence-electron chi connectivity index (χ2n) is 13.5. The summed E-state index contributed by atoms with van der Waals surface area (Å²) in [6.07, 6.45) is 3.72. The fourth-order valence-electron chi connectivity index (χ4n) is 9.62. The van der Waals surface area contributed by atoms with Crippen LogP contribution in [0.1, 0.15) is 86.4 Å². The van der Waals surface area contributed by atoms with E-state index in [9.17, 15) is 19.2 Å². The first-order valence-electron chi connectivity index (χ1n) is 15.2. The van der Waals surface area contributed by atoms with Crippen molar-refractivity contribution in [3.63, 3.8) is 0 Å². The molecular formula is C35H40O6. The number of ketones is 2. The minimum Gasteiger partial charge on any atom is -0.458 e. The van der Waals surface area contributed by atoms with Crippen molar-refractivity contribution in [2.75, 3.05) is 0 Å². The quantitative estimate of drug-likeness (QED) is 0.392. The van der Waals surface area contributed by atoms with Gasteiger partial charge >= 0.3 is 11.9 Å². The van der Waals surface area contributed by atoms with E-state index in [1.54, 1.807) is 31.2 Å². The van der Waals surface area contributed by atoms with Crippen LogP contribution in [0, 0.1) is 40.4 Å². The van der Waals surface area contributed by atoms with Gasteiger partial charge in [-0.2, -0.15) is 0 Å².